The number of pyridine rings is 1. The molecule has 1 saturated heterocycles. The first kappa shape index (κ1) is 14.3. The standard InChI is InChI=1S/C15H19N3O2/c1-10-6-12(16-5)7-17-13(10)11-8-18(9-11)14(19)20-15(2,3)4/h6-7,11H,8-9H2,1-4H3. The summed E-state index contributed by atoms with van der Waals surface area (Å²) in [6, 6.07) is 1.84. The summed E-state index contributed by atoms with van der Waals surface area (Å²) in [5.74, 6) is 0.238. The third-order valence-electron chi connectivity index (χ3n) is 3.15. The van der Waals surface area contributed by atoms with Gasteiger partial charge in [0.1, 0.15) is 5.60 Å². The summed E-state index contributed by atoms with van der Waals surface area (Å²) >= 11 is 0. The molecule has 5 heteroatoms. The first-order valence-electron chi connectivity index (χ1n) is 6.62. The summed E-state index contributed by atoms with van der Waals surface area (Å²) in [6.07, 6.45) is 1.31. The molecule has 1 aliphatic rings. The van der Waals surface area contributed by atoms with Gasteiger partial charge in [-0.15, -0.1) is 0 Å². The van der Waals surface area contributed by atoms with Gasteiger partial charge in [0.25, 0.3) is 0 Å². The number of rotatable bonds is 1. The number of ether oxygens (including phenoxy) is 1. The summed E-state index contributed by atoms with van der Waals surface area (Å²) < 4.78 is 5.32. The largest absolute Gasteiger partial charge is 0.444 e. The Morgan fingerprint density at radius 1 is 1.50 bits per heavy atom. The third-order valence-corrected chi connectivity index (χ3v) is 3.15. The Balaban J connectivity index is 1.97. The summed E-state index contributed by atoms with van der Waals surface area (Å²) in [6.45, 7) is 15.7. The summed E-state index contributed by atoms with van der Waals surface area (Å²) in [4.78, 5) is 21.2. The Morgan fingerprint density at radius 3 is 2.65 bits per heavy atom. The van der Waals surface area contributed by atoms with Gasteiger partial charge in [0.2, 0.25) is 5.69 Å². The first-order chi connectivity index (χ1) is 9.30. The molecule has 1 amide bonds. The summed E-state index contributed by atoms with van der Waals surface area (Å²) in [5, 5.41) is 0. The summed E-state index contributed by atoms with van der Waals surface area (Å²) in [7, 11) is 0. The van der Waals surface area contributed by atoms with Gasteiger partial charge in [0.15, 0.2) is 0 Å². The molecular formula is C15H19N3O2. The molecule has 2 rings (SSSR count). The van der Waals surface area contributed by atoms with Crippen molar-refractivity contribution in [3.05, 3.63) is 34.9 Å². The maximum atomic E-state index is 11.8. The number of nitrogens with zero attached hydrogens (tertiary/aromatic N) is 3. The van der Waals surface area contributed by atoms with E-state index in [-0.39, 0.29) is 12.0 Å². The molecule has 0 spiro atoms. The van der Waals surface area contributed by atoms with Crippen molar-refractivity contribution < 1.29 is 9.53 Å². The van der Waals surface area contributed by atoms with Crippen LogP contribution in [0.15, 0.2) is 12.3 Å². The van der Waals surface area contributed by atoms with Crippen LogP contribution in [0, 0.1) is 13.5 Å². The minimum Gasteiger partial charge on any atom is -0.444 e. The summed E-state index contributed by atoms with van der Waals surface area (Å²) in [5.41, 5.74) is 2.06. The minimum atomic E-state index is -0.465. The van der Waals surface area contributed by atoms with Crippen molar-refractivity contribution in [3.8, 4) is 0 Å². The Kier molecular flexibility index (Phi) is 3.67. The van der Waals surface area contributed by atoms with E-state index in [1.165, 1.54) is 0 Å². The van der Waals surface area contributed by atoms with Crippen LogP contribution in [0.3, 0.4) is 0 Å². The second-order valence-electron chi connectivity index (χ2n) is 6.09. The monoisotopic (exact) mass is 273 g/mol. The van der Waals surface area contributed by atoms with Crippen LogP contribution in [0.4, 0.5) is 10.5 Å². The molecule has 0 saturated carbocycles. The molecule has 20 heavy (non-hydrogen) atoms. The van der Waals surface area contributed by atoms with Gasteiger partial charge in [-0.1, -0.05) is 6.07 Å². The zero-order valence-electron chi connectivity index (χ0n) is 12.3. The van der Waals surface area contributed by atoms with Gasteiger partial charge in [-0.05, 0) is 33.3 Å². The number of likely N-dealkylation sites (tertiary alicyclic amines) is 1. The van der Waals surface area contributed by atoms with E-state index >= 15 is 0 Å². The SMILES string of the molecule is [C-]#[N+]c1cnc(C2CN(C(=O)OC(C)(C)C)C2)c(C)c1. The lowest BCUT2D eigenvalue weighted by molar-refractivity contribution is 0.00781. The lowest BCUT2D eigenvalue weighted by atomic mass is 9.93. The predicted octanol–water partition coefficient (Wildman–Crippen LogP) is 3.28. The van der Waals surface area contributed by atoms with Crippen LogP contribution in [0.25, 0.3) is 4.85 Å². The quantitative estimate of drug-likeness (QED) is 0.738. The van der Waals surface area contributed by atoms with E-state index in [1.807, 2.05) is 33.8 Å². The highest BCUT2D eigenvalue weighted by atomic mass is 16.6. The smallest absolute Gasteiger partial charge is 0.410 e. The van der Waals surface area contributed by atoms with Crippen molar-refractivity contribution in [3.63, 3.8) is 0 Å². The molecule has 1 aromatic heterocycles. The average molecular weight is 273 g/mol. The number of hydrogen-bond acceptors (Lipinski definition) is 3. The number of hydrogen-bond donors (Lipinski definition) is 0. The molecular weight excluding hydrogens is 254 g/mol. The second-order valence-corrected chi connectivity index (χ2v) is 6.09. The highest BCUT2D eigenvalue weighted by Gasteiger charge is 2.35. The van der Waals surface area contributed by atoms with E-state index in [4.69, 9.17) is 11.3 Å². The van der Waals surface area contributed by atoms with Crippen LogP contribution in [-0.4, -0.2) is 34.7 Å². The van der Waals surface area contributed by atoms with Crippen molar-refractivity contribution in [2.24, 2.45) is 0 Å². The van der Waals surface area contributed by atoms with Crippen molar-refractivity contribution >= 4 is 11.8 Å². The highest BCUT2D eigenvalue weighted by Crippen LogP contribution is 2.30. The number of aromatic nitrogens is 1. The fraction of sp³-hybridized carbons (Fsp3) is 0.533. The number of carbonyl (C=O) groups excluding carboxylic acids is 1. The van der Waals surface area contributed by atoms with Crippen molar-refractivity contribution in [2.75, 3.05) is 13.1 Å². The normalized spacial score (nSPS) is 15.4. The zero-order chi connectivity index (χ0) is 14.9. The topological polar surface area (TPSA) is 46.8 Å². The van der Waals surface area contributed by atoms with Gasteiger partial charge in [-0.25, -0.2) is 9.64 Å². The molecule has 0 unspecified atom stereocenters. The average Bonchev–Trinajstić information content (AvgIpc) is 2.26. The Bertz CT molecular complexity index is 563. The van der Waals surface area contributed by atoms with E-state index in [0.29, 0.717) is 18.8 Å². The van der Waals surface area contributed by atoms with Crippen LogP contribution in [0.1, 0.15) is 37.9 Å². The zero-order valence-corrected chi connectivity index (χ0v) is 12.3. The Labute approximate surface area is 119 Å². The fourth-order valence-electron chi connectivity index (χ4n) is 2.19. The van der Waals surface area contributed by atoms with E-state index in [0.717, 1.165) is 11.3 Å². The fourth-order valence-corrected chi connectivity index (χ4v) is 2.19. The molecule has 0 aromatic carbocycles. The van der Waals surface area contributed by atoms with Crippen molar-refractivity contribution in [2.45, 2.75) is 39.2 Å². The van der Waals surface area contributed by atoms with E-state index in [9.17, 15) is 4.79 Å². The van der Waals surface area contributed by atoms with E-state index in [2.05, 4.69) is 9.83 Å². The maximum Gasteiger partial charge on any atom is 0.410 e. The second kappa shape index (κ2) is 5.12. The van der Waals surface area contributed by atoms with Gasteiger partial charge in [-0.2, -0.15) is 0 Å². The third kappa shape index (κ3) is 3.08. The number of amides is 1. The first-order valence-corrected chi connectivity index (χ1v) is 6.62. The molecule has 1 fully saturated rings. The van der Waals surface area contributed by atoms with Crippen LogP contribution in [0.5, 0.6) is 0 Å². The highest BCUT2D eigenvalue weighted by molar-refractivity contribution is 5.69. The molecule has 106 valence electrons. The van der Waals surface area contributed by atoms with Crippen molar-refractivity contribution in [1.82, 2.24) is 9.88 Å². The molecule has 0 aliphatic carbocycles. The molecule has 0 radical (unpaired) electrons. The molecule has 2 heterocycles. The van der Waals surface area contributed by atoms with Gasteiger partial charge < -0.3 is 9.64 Å². The molecule has 0 bridgehead atoms. The molecule has 0 N–H and O–H groups in total. The molecule has 0 atom stereocenters. The number of carbonyl (C=O) groups is 1. The lowest BCUT2D eigenvalue weighted by Gasteiger charge is -2.39. The van der Waals surface area contributed by atoms with Gasteiger partial charge >= 0.3 is 6.09 Å². The van der Waals surface area contributed by atoms with Crippen LogP contribution in [-0.2, 0) is 4.74 Å². The van der Waals surface area contributed by atoms with Crippen molar-refractivity contribution in [1.29, 1.82) is 0 Å². The van der Waals surface area contributed by atoms with Crippen LogP contribution in [0.2, 0.25) is 0 Å². The van der Waals surface area contributed by atoms with E-state index < -0.39 is 5.60 Å². The predicted molar refractivity (Wildman–Crippen MR) is 75.8 cm³/mol. The van der Waals surface area contributed by atoms with Crippen LogP contribution < -0.4 is 0 Å². The molecule has 1 aromatic rings. The Morgan fingerprint density at radius 2 is 2.15 bits per heavy atom. The van der Waals surface area contributed by atoms with Crippen LogP contribution >= 0.6 is 0 Å². The molecule has 5 nitrogen and oxygen atoms in total. The van der Waals surface area contributed by atoms with Gasteiger partial charge in [0.05, 0.1) is 6.57 Å². The van der Waals surface area contributed by atoms with Gasteiger partial charge in [-0.3, -0.25) is 4.98 Å². The van der Waals surface area contributed by atoms with E-state index in [1.54, 1.807) is 11.1 Å². The minimum absolute atomic E-state index is 0.238. The van der Waals surface area contributed by atoms with Gasteiger partial charge in [0, 0.05) is 30.9 Å². The lowest BCUT2D eigenvalue weighted by Crippen LogP contribution is -2.50. The number of aryl methyl sites for hydroxylation is 1. The maximum absolute atomic E-state index is 11.8. The molecule has 1 aliphatic heterocycles. The Hall–Kier alpha value is -2.09.